The second-order valence-corrected chi connectivity index (χ2v) is 6.06. The Kier molecular flexibility index (Phi) is 2.96. The standard InChI is InChI=1S/C11H15N5O2S/c12-9(18)15-14-7-3-1-4-11(7)8(17)16-6-2-5-13-10(16)19-11/h1-6H2,(H3,12,15,18)/b14-7+. The van der Waals surface area contributed by atoms with Gasteiger partial charge in [-0.1, -0.05) is 11.8 Å². The summed E-state index contributed by atoms with van der Waals surface area (Å²) in [6, 6.07) is -0.708. The van der Waals surface area contributed by atoms with E-state index in [2.05, 4.69) is 15.5 Å². The van der Waals surface area contributed by atoms with Crippen LogP contribution in [-0.2, 0) is 4.79 Å². The summed E-state index contributed by atoms with van der Waals surface area (Å²) >= 11 is 1.48. The smallest absolute Gasteiger partial charge is 0.332 e. The summed E-state index contributed by atoms with van der Waals surface area (Å²) in [4.78, 5) is 29.5. The number of aliphatic imine (C=N–C) groups is 1. The highest BCUT2D eigenvalue weighted by Crippen LogP contribution is 2.47. The molecule has 102 valence electrons. The van der Waals surface area contributed by atoms with Crippen LogP contribution in [0.1, 0.15) is 25.7 Å². The molecule has 3 aliphatic rings. The van der Waals surface area contributed by atoms with E-state index in [1.54, 1.807) is 4.90 Å². The van der Waals surface area contributed by atoms with Gasteiger partial charge >= 0.3 is 6.03 Å². The van der Waals surface area contributed by atoms with E-state index in [4.69, 9.17) is 5.73 Å². The molecule has 1 atom stereocenters. The fourth-order valence-corrected chi connectivity index (χ4v) is 4.20. The van der Waals surface area contributed by atoms with Crippen LogP contribution in [0.3, 0.4) is 0 Å². The molecule has 19 heavy (non-hydrogen) atoms. The van der Waals surface area contributed by atoms with Crippen LogP contribution < -0.4 is 11.2 Å². The maximum absolute atomic E-state index is 12.6. The summed E-state index contributed by atoms with van der Waals surface area (Å²) in [5.41, 5.74) is 7.98. The third-order valence-corrected chi connectivity index (χ3v) is 5.08. The number of hydrazone groups is 1. The van der Waals surface area contributed by atoms with E-state index in [-0.39, 0.29) is 5.91 Å². The maximum atomic E-state index is 12.6. The molecule has 2 aliphatic heterocycles. The number of urea groups is 1. The van der Waals surface area contributed by atoms with Crippen LogP contribution >= 0.6 is 11.8 Å². The lowest BCUT2D eigenvalue weighted by Gasteiger charge is -2.22. The normalized spacial score (nSPS) is 31.8. The summed E-state index contributed by atoms with van der Waals surface area (Å²) in [5.74, 6) is 0.0541. The number of primary amides is 1. The highest BCUT2D eigenvalue weighted by Gasteiger charge is 2.57. The number of carbonyl (C=O) groups is 2. The molecule has 0 bridgehead atoms. The zero-order chi connectivity index (χ0) is 13.5. The molecule has 2 fully saturated rings. The van der Waals surface area contributed by atoms with Crippen LogP contribution in [0, 0.1) is 0 Å². The van der Waals surface area contributed by atoms with Gasteiger partial charge in [0.05, 0.1) is 5.71 Å². The van der Waals surface area contributed by atoms with Crippen molar-refractivity contribution in [3.63, 3.8) is 0 Å². The molecular formula is C11H15N5O2S. The number of hydrogen-bond acceptors (Lipinski definition) is 5. The average Bonchev–Trinajstić information content (AvgIpc) is 2.92. The van der Waals surface area contributed by atoms with Crippen LogP contribution in [0.15, 0.2) is 10.1 Å². The number of amidine groups is 1. The topological polar surface area (TPSA) is 100 Å². The fraction of sp³-hybridized carbons (Fsp3) is 0.636. The molecule has 1 aliphatic carbocycles. The Morgan fingerprint density at radius 3 is 3.11 bits per heavy atom. The lowest BCUT2D eigenvalue weighted by atomic mass is 10.0. The second kappa shape index (κ2) is 4.52. The van der Waals surface area contributed by atoms with Gasteiger partial charge in [0.2, 0.25) is 0 Å². The third-order valence-electron chi connectivity index (χ3n) is 3.58. The highest BCUT2D eigenvalue weighted by molar-refractivity contribution is 8.17. The number of fused-ring (bicyclic) bond motifs is 1. The van der Waals surface area contributed by atoms with E-state index in [0.29, 0.717) is 12.1 Å². The Hall–Kier alpha value is -1.57. The molecule has 2 heterocycles. The van der Waals surface area contributed by atoms with Crippen molar-refractivity contribution in [2.45, 2.75) is 30.4 Å². The number of amides is 3. The molecule has 1 saturated heterocycles. The maximum Gasteiger partial charge on any atom is 0.332 e. The number of hydrogen-bond donors (Lipinski definition) is 2. The molecule has 1 spiro atoms. The van der Waals surface area contributed by atoms with Crippen molar-refractivity contribution < 1.29 is 9.59 Å². The molecular weight excluding hydrogens is 266 g/mol. The van der Waals surface area contributed by atoms with Crippen LogP contribution in [0.25, 0.3) is 0 Å². The minimum atomic E-state index is -0.708. The van der Waals surface area contributed by atoms with Crippen molar-refractivity contribution in [3.8, 4) is 0 Å². The van der Waals surface area contributed by atoms with Gasteiger partial charge in [-0.05, 0) is 25.7 Å². The Balaban J connectivity index is 1.92. The molecule has 3 amide bonds. The SMILES string of the molecule is NC(=O)N/N=C1\CCCC12SC1=NCCCN1C2=O. The van der Waals surface area contributed by atoms with Crippen LogP contribution in [0.5, 0.6) is 0 Å². The third kappa shape index (κ3) is 1.90. The Morgan fingerprint density at radius 1 is 1.53 bits per heavy atom. The first kappa shape index (κ1) is 12.5. The van der Waals surface area contributed by atoms with E-state index in [0.717, 1.165) is 37.5 Å². The van der Waals surface area contributed by atoms with E-state index < -0.39 is 10.8 Å². The molecule has 0 radical (unpaired) electrons. The number of nitrogens with two attached hydrogens (primary N) is 1. The van der Waals surface area contributed by atoms with Gasteiger partial charge in [0.25, 0.3) is 5.91 Å². The minimum absolute atomic E-state index is 0.0541. The molecule has 0 aromatic rings. The molecule has 1 saturated carbocycles. The molecule has 0 aromatic carbocycles. The van der Waals surface area contributed by atoms with Gasteiger partial charge in [0.1, 0.15) is 4.75 Å². The fourth-order valence-electron chi connectivity index (χ4n) is 2.74. The lowest BCUT2D eigenvalue weighted by Crippen LogP contribution is -2.44. The largest absolute Gasteiger partial charge is 0.350 e. The van der Waals surface area contributed by atoms with Crippen molar-refractivity contribution >= 4 is 34.6 Å². The van der Waals surface area contributed by atoms with Crippen molar-refractivity contribution in [2.24, 2.45) is 15.8 Å². The predicted octanol–water partition coefficient (Wildman–Crippen LogP) is 0.268. The number of nitrogens with one attached hydrogen (secondary N) is 1. The van der Waals surface area contributed by atoms with Crippen molar-refractivity contribution in [1.82, 2.24) is 10.3 Å². The van der Waals surface area contributed by atoms with Gasteiger partial charge in [-0.25, -0.2) is 10.2 Å². The monoisotopic (exact) mass is 281 g/mol. The molecule has 8 heteroatoms. The van der Waals surface area contributed by atoms with E-state index in [9.17, 15) is 9.59 Å². The van der Waals surface area contributed by atoms with Gasteiger partial charge < -0.3 is 5.73 Å². The molecule has 3 N–H and O–H groups in total. The van der Waals surface area contributed by atoms with Crippen molar-refractivity contribution in [2.75, 3.05) is 13.1 Å². The zero-order valence-electron chi connectivity index (χ0n) is 10.4. The number of nitrogens with zero attached hydrogens (tertiary/aromatic N) is 3. The number of rotatable bonds is 1. The predicted molar refractivity (Wildman–Crippen MR) is 73.0 cm³/mol. The van der Waals surface area contributed by atoms with Gasteiger partial charge in [-0.15, -0.1) is 0 Å². The summed E-state index contributed by atoms with van der Waals surface area (Å²) < 4.78 is -0.661. The van der Waals surface area contributed by atoms with Crippen LogP contribution in [0.2, 0.25) is 0 Å². The summed E-state index contributed by atoms with van der Waals surface area (Å²) in [6.45, 7) is 1.50. The minimum Gasteiger partial charge on any atom is -0.350 e. The lowest BCUT2D eigenvalue weighted by molar-refractivity contribution is -0.127. The van der Waals surface area contributed by atoms with Crippen LogP contribution in [0.4, 0.5) is 4.79 Å². The van der Waals surface area contributed by atoms with Crippen molar-refractivity contribution in [1.29, 1.82) is 0 Å². The first-order chi connectivity index (χ1) is 9.13. The summed E-state index contributed by atoms with van der Waals surface area (Å²) in [6.07, 6.45) is 3.24. The average molecular weight is 281 g/mol. The Morgan fingerprint density at radius 2 is 2.37 bits per heavy atom. The van der Waals surface area contributed by atoms with Gasteiger partial charge in [-0.2, -0.15) is 5.10 Å². The number of carbonyl (C=O) groups excluding carboxylic acids is 2. The highest BCUT2D eigenvalue weighted by atomic mass is 32.2. The molecule has 7 nitrogen and oxygen atoms in total. The first-order valence-electron chi connectivity index (χ1n) is 6.31. The van der Waals surface area contributed by atoms with Gasteiger partial charge in [0, 0.05) is 13.1 Å². The number of thioether (sulfide) groups is 1. The van der Waals surface area contributed by atoms with Gasteiger partial charge in [0.15, 0.2) is 5.17 Å². The summed E-state index contributed by atoms with van der Waals surface area (Å²) in [7, 11) is 0. The van der Waals surface area contributed by atoms with E-state index >= 15 is 0 Å². The van der Waals surface area contributed by atoms with Gasteiger partial charge in [-0.3, -0.25) is 14.7 Å². The Labute approximate surface area is 114 Å². The van der Waals surface area contributed by atoms with Crippen molar-refractivity contribution in [3.05, 3.63) is 0 Å². The van der Waals surface area contributed by atoms with E-state index in [1.165, 1.54) is 11.8 Å². The molecule has 1 unspecified atom stereocenters. The van der Waals surface area contributed by atoms with Crippen LogP contribution in [-0.4, -0.2) is 45.6 Å². The quantitative estimate of drug-likeness (QED) is 0.674. The molecule has 0 aromatic heterocycles. The molecule has 3 rings (SSSR count). The Bertz CT molecular complexity index is 503. The first-order valence-corrected chi connectivity index (χ1v) is 7.13. The zero-order valence-corrected chi connectivity index (χ0v) is 11.2. The van der Waals surface area contributed by atoms with E-state index in [1.807, 2.05) is 0 Å². The second-order valence-electron chi connectivity index (χ2n) is 4.79. The summed E-state index contributed by atoms with van der Waals surface area (Å²) in [5, 5.41) is 4.83.